The number of benzene rings is 1. The Bertz CT molecular complexity index is 484. The number of hydrogen-bond donors (Lipinski definition) is 2. The Kier molecular flexibility index (Phi) is 4.44. The average Bonchev–Trinajstić information content (AvgIpc) is 2.41. The Labute approximate surface area is 118 Å². The molecular weight excluding hydrogens is 256 g/mol. The maximum atomic E-state index is 10.8. The second-order valence-corrected chi connectivity index (χ2v) is 5.35. The Hall–Kier alpha value is -1.82. The van der Waals surface area contributed by atoms with Crippen LogP contribution in [0.2, 0.25) is 0 Å². The van der Waals surface area contributed by atoms with Crippen LogP contribution in [0.3, 0.4) is 0 Å². The molecule has 0 saturated heterocycles. The third kappa shape index (κ3) is 3.01. The van der Waals surface area contributed by atoms with Crippen LogP contribution in [0.5, 0.6) is 0 Å². The monoisotopic (exact) mass is 278 g/mol. The van der Waals surface area contributed by atoms with E-state index in [4.69, 9.17) is 11.5 Å². The molecule has 0 spiro atoms. The number of nitro groups is 1. The van der Waals surface area contributed by atoms with Crippen LogP contribution in [0.25, 0.3) is 0 Å². The van der Waals surface area contributed by atoms with Gasteiger partial charge in [0, 0.05) is 30.4 Å². The van der Waals surface area contributed by atoms with Gasteiger partial charge >= 0.3 is 0 Å². The van der Waals surface area contributed by atoms with Gasteiger partial charge in [0.25, 0.3) is 5.69 Å². The van der Waals surface area contributed by atoms with Crippen molar-refractivity contribution in [3.05, 3.63) is 28.3 Å². The Morgan fingerprint density at radius 1 is 1.35 bits per heavy atom. The van der Waals surface area contributed by atoms with Crippen molar-refractivity contribution in [2.24, 2.45) is 5.73 Å². The SMILES string of the molecule is CCN(c1ccc([N+](=O)[O-])c(N)c1)C1CCC(N)CC1. The van der Waals surface area contributed by atoms with Crippen LogP contribution in [-0.2, 0) is 0 Å². The van der Waals surface area contributed by atoms with E-state index in [1.165, 1.54) is 6.07 Å². The summed E-state index contributed by atoms with van der Waals surface area (Å²) in [5.41, 5.74) is 12.9. The van der Waals surface area contributed by atoms with Crippen LogP contribution in [0.1, 0.15) is 32.6 Å². The lowest BCUT2D eigenvalue weighted by Crippen LogP contribution is -2.41. The number of anilines is 2. The lowest BCUT2D eigenvalue weighted by Gasteiger charge is -2.37. The van der Waals surface area contributed by atoms with Crippen LogP contribution in [0, 0.1) is 10.1 Å². The van der Waals surface area contributed by atoms with Crippen molar-refractivity contribution in [2.75, 3.05) is 17.2 Å². The van der Waals surface area contributed by atoms with E-state index in [9.17, 15) is 10.1 Å². The lowest BCUT2D eigenvalue weighted by molar-refractivity contribution is -0.383. The quantitative estimate of drug-likeness (QED) is 0.500. The van der Waals surface area contributed by atoms with Crippen LogP contribution < -0.4 is 16.4 Å². The molecule has 2 rings (SSSR count). The van der Waals surface area contributed by atoms with Gasteiger partial charge in [0.2, 0.25) is 0 Å². The van der Waals surface area contributed by atoms with Crippen molar-refractivity contribution in [1.82, 2.24) is 0 Å². The lowest BCUT2D eigenvalue weighted by atomic mass is 9.90. The summed E-state index contributed by atoms with van der Waals surface area (Å²) >= 11 is 0. The van der Waals surface area contributed by atoms with E-state index in [1.807, 2.05) is 0 Å². The maximum Gasteiger partial charge on any atom is 0.292 e. The first kappa shape index (κ1) is 14.6. The van der Waals surface area contributed by atoms with E-state index in [0.29, 0.717) is 12.1 Å². The van der Waals surface area contributed by atoms with E-state index in [-0.39, 0.29) is 11.4 Å². The number of nitro benzene ring substituents is 1. The molecule has 1 aliphatic rings. The van der Waals surface area contributed by atoms with Gasteiger partial charge in [-0.1, -0.05) is 0 Å². The number of nitrogens with two attached hydrogens (primary N) is 2. The van der Waals surface area contributed by atoms with Gasteiger partial charge in [0.1, 0.15) is 5.69 Å². The molecule has 1 fully saturated rings. The van der Waals surface area contributed by atoms with Crippen LogP contribution >= 0.6 is 0 Å². The molecule has 1 aliphatic carbocycles. The standard InChI is InChI=1S/C14H22N4O2/c1-2-17(11-5-3-10(15)4-6-11)12-7-8-14(18(19)20)13(16)9-12/h7-11H,2-6,15-16H2,1H3. The molecule has 1 aromatic rings. The molecule has 0 aromatic heterocycles. The van der Waals surface area contributed by atoms with E-state index in [2.05, 4.69) is 11.8 Å². The van der Waals surface area contributed by atoms with Crippen molar-refractivity contribution in [3.8, 4) is 0 Å². The number of hydrogen-bond acceptors (Lipinski definition) is 5. The summed E-state index contributed by atoms with van der Waals surface area (Å²) in [5, 5.41) is 10.8. The zero-order valence-electron chi connectivity index (χ0n) is 11.8. The van der Waals surface area contributed by atoms with Gasteiger partial charge in [0.05, 0.1) is 4.92 Å². The first-order valence-corrected chi connectivity index (χ1v) is 7.09. The third-order valence-electron chi connectivity index (χ3n) is 4.06. The normalized spacial score (nSPS) is 22.5. The topological polar surface area (TPSA) is 98.4 Å². The summed E-state index contributed by atoms with van der Waals surface area (Å²) in [6.07, 6.45) is 4.19. The molecule has 1 aromatic carbocycles. The minimum atomic E-state index is -0.449. The predicted molar refractivity (Wildman–Crippen MR) is 80.8 cm³/mol. The molecule has 4 N–H and O–H groups in total. The second kappa shape index (κ2) is 6.09. The zero-order valence-corrected chi connectivity index (χ0v) is 11.8. The molecular formula is C14H22N4O2. The van der Waals surface area contributed by atoms with Crippen LogP contribution in [0.15, 0.2) is 18.2 Å². The molecule has 0 atom stereocenters. The van der Waals surface area contributed by atoms with Gasteiger partial charge in [-0.15, -0.1) is 0 Å². The van der Waals surface area contributed by atoms with Crippen molar-refractivity contribution in [2.45, 2.75) is 44.7 Å². The summed E-state index contributed by atoms with van der Waals surface area (Å²) in [6.45, 7) is 2.95. The average molecular weight is 278 g/mol. The predicted octanol–water partition coefficient (Wildman–Crippen LogP) is 2.27. The highest BCUT2D eigenvalue weighted by Crippen LogP contribution is 2.31. The van der Waals surface area contributed by atoms with E-state index in [0.717, 1.165) is 37.9 Å². The molecule has 0 radical (unpaired) electrons. The van der Waals surface area contributed by atoms with Crippen molar-refractivity contribution in [3.63, 3.8) is 0 Å². The summed E-state index contributed by atoms with van der Waals surface area (Å²) in [4.78, 5) is 12.6. The first-order valence-electron chi connectivity index (χ1n) is 7.09. The largest absolute Gasteiger partial charge is 0.393 e. The van der Waals surface area contributed by atoms with Gasteiger partial charge in [0.15, 0.2) is 0 Å². The van der Waals surface area contributed by atoms with E-state index < -0.39 is 4.92 Å². The summed E-state index contributed by atoms with van der Waals surface area (Å²) in [5.74, 6) is 0. The van der Waals surface area contributed by atoms with Gasteiger partial charge in [-0.2, -0.15) is 0 Å². The van der Waals surface area contributed by atoms with Gasteiger partial charge in [-0.3, -0.25) is 10.1 Å². The molecule has 0 amide bonds. The van der Waals surface area contributed by atoms with E-state index in [1.54, 1.807) is 12.1 Å². The van der Waals surface area contributed by atoms with Crippen LogP contribution in [0.4, 0.5) is 17.1 Å². The van der Waals surface area contributed by atoms with Gasteiger partial charge in [-0.25, -0.2) is 0 Å². The molecule has 110 valence electrons. The fourth-order valence-electron chi connectivity index (χ4n) is 2.95. The highest BCUT2D eigenvalue weighted by atomic mass is 16.6. The summed E-state index contributed by atoms with van der Waals surface area (Å²) in [6, 6.07) is 5.73. The molecule has 20 heavy (non-hydrogen) atoms. The number of nitrogens with zero attached hydrogens (tertiary/aromatic N) is 2. The third-order valence-corrected chi connectivity index (χ3v) is 4.06. The van der Waals surface area contributed by atoms with Crippen molar-refractivity contribution < 1.29 is 4.92 Å². The number of nitrogen functional groups attached to an aromatic ring is 1. The second-order valence-electron chi connectivity index (χ2n) is 5.35. The fraction of sp³-hybridized carbons (Fsp3) is 0.571. The van der Waals surface area contributed by atoms with Crippen molar-refractivity contribution >= 4 is 17.1 Å². The highest BCUT2D eigenvalue weighted by molar-refractivity contribution is 5.66. The molecule has 0 heterocycles. The molecule has 6 nitrogen and oxygen atoms in total. The van der Waals surface area contributed by atoms with E-state index >= 15 is 0 Å². The molecule has 1 saturated carbocycles. The highest BCUT2D eigenvalue weighted by Gasteiger charge is 2.24. The van der Waals surface area contributed by atoms with Crippen molar-refractivity contribution in [1.29, 1.82) is 0 Å². The Balaban J connectivity index is 2.19. The Morgan fingerprint density at radius 3 is 2.50 bits per heavy atom. The maximum absolute atomic E-state index is 10.8. The minimum absolute atomic E-state index is 0.0320. The Morgan fingerprint density at radius 2 is 2.00 bits per heavy atom. The zero-order chi connectivity index (χ0) is 14.7. The number of rotatable bonds is 4. The first-order chi connectivity index (χ1) is 9.52. The molecule has 0 aliphatic heterocycles. The molecule has 0 unspecified atom stereocenters. The summed E-state index contributed by atoms with van der Waals surface area (Å²) in [7, 11) is 0. The van der Waals surface area contributed by atoms with Gasteiger partial charge < -0.3 is 16.4 Å². The van der Waals surface area contributed by atoms with Gasteiger partial charge in [-0.05, 0) is 44.7 Å². The molecule has 0 bridgehead atoms. The minimum Gasteiger partial charge on any atom is -0.393 e. The fourth-order valence-corrected chi connectivity index (χ4v) is 2.95. The summed E-state index contributed by atoms with van der Waals surface area (Å²) < 4.78 is 0. The van der Waals surface area contributed by atoms with Crippen LogP contribution in [-0.4, -0.2) is 23.6 Å². The smallest absolute Gasteiger partial charge is 0.292 e. The molecule has 6 heteroatoms.